The zero-order valence-corrected chi connectivity index (χ0v) is 19.2. The van der Waals surface area contributed by atoms with Gasteiger partial charge in [0.2, 0.25) is 0 Å². The molecule has 32 heavy (non-hydrogen) atoms. The molecule has 0 spiro atoms. The highest BCUT2D eigenvalue weighted by atomic mass is 35.5. The van der Waals surface area contributed by atoms with E-state index in [9.17, 15) is 5.11 Å². The van der Waals surface area contributed by atoms with Crippen LogP contribution in [0.1, 0.15) is 24.1 Å². The summed E-state index contributed by atoms with van der Waals surface area (Å²) in [4.78, 5) is 2.36. The Labute approximate surface area is 194 Å². The van der Waals surface area contributed by atoms with Gasteiger partial charge < -0.3 is 14.6 Å². The molecule has 4 rings (SSSR count). The van der Waals surface area contributed by atoms with Gasteiger partial charge >= 0.3 is 0 Å². The van der Waals surface area contributed by atoms with Crippen molar-refractivity contribution in [3.63, 3.8) is 0 Å². The number of halogens is 1. The number of benzene rings is 2. The number of rotatable bonds is 9. The number of likely N-dealkylation sites (tertiary alicyclic amines) is 1. The molecule has 1 N–H and O–H groups in total. The Morgan fingerprint density at radius 3 is 2.50 bits per heavy atom. The Balaban J connectivity index is 1.19. The maximum Gasteiger partial charge on any atom is 0.120 e. The van der Waals surface area contributed by atoms with Crippen molar-refractivity contribution in [2.45, 2.75) is 38.5 Å². The normalized spacial score (nSPS) is 16.1. The number of nitrogens with zero attached hydrogens (tertiary/aromatic N) is 3. The highest BCUT2D eigenvalue weighted by Crippen LogP contribution is 2.26. The average molecular weight is 456 g/mol. The van der Waals surface area contributed by atoms with Crippen molar-refractivity contribution in [3.05, 3.63) is 77.1 Å². The Hall–Kier alpha value is -2.54. The molecule has 1 aromatic heterocycles. The van der Waals surface area contributed by atoms with Crippen molar-refractivity contribution in [2.24, 2.45) is 0 Å². The molecule has 7 heteroatoms. The zero-order chi connectivity index (χ0) is 22.4. The molecule has 170 valence electrons. The fourth-order valence-corrected chi connectivity index (χ4v) is 4.02. The zero-order valence-electron chi connectivity index (χ0n) is 18.4. The first kappa shape index (κ1) is 22.6. The Morgan fingerprint density at radius 1 is 1.03 bits per heavy atom. The first-order valence-corrected chi connectivity index (χ1v) is 11.4. The van der Waals surface area contributed by atoms with Crippen LogP contribution in [0.2, 0.25) is 5.02 Å². The SMILES string of the molecule is Cc1ccn(CCOc2ccc(CN3CCC(O)(COc4cccc(Cl)c4)CC3)cc2)n1. The smallest absolute Gasteiger partial charge is 0.120 e. The summed E-state index contributed by atoms with van der Waals surface area (Å²) in [7, 11) is 0. The maximum absolute atomic E-state index is 10.9. The van der Waals surface area contributed by atoms with Crippen LogP contribution < -0.4 is 9.47 Å². The van der Waals surface area contributed by atoms with Crippen molar-refractivity contribution in [3.8, 4) is 11.5 Å². The summed E-state index contributed by atoms with van der Waals surface area (Å²) >= 11 is 6.00. The van der Waals surface area contributed by atoms with Gasteiger partial charge in [-0.15, -0.1) is 0 Å². The molecule has 0 radical (unpaired) electrons. The van der Waals surface area contributed by atoms with E-state index in [1.807, 2.05) is 54.2 Å². The molecule has 0 aliphatic carbocycles. The van der Waals surface area contributed by atoms with Crippen molar-refractivity contribution >= 4 is 11.6 Å². The summed E-state index contributed by atoms with van der Waals surface area (Å²) in [5, 5.41) is 15.9. The standard InChI is InChI=1S/C25H30ClN3O3/c1-20-9-12-29(27-20)15-16-31-23-7-5-21(6-8-23)18-28-13-10-25(30,11-14-28)19-32-24-4-2-3-22(26)17-24/h2-9,12,17,30H,10-11,13-16,18-19H2,1H3. The van der Waals surface area contributed by atoms with Gasteiger partial charge in [-0.2, -0.15) is 5.10 Å². The van der Waals surface area contributed by atoms with Crippen LogP contribution >= 0.6 is 11.6 Å². The number of aryl methyl sites for hydroxylation is 1. The van der Waals surface area contributed by atoms with Gasteiger partial charge in [-0.25, -0.2) is 0 Å². The molecular weight excluding hydrogens is 426 g/mol. The van der Waals surface area contributed by atoms with Crippen LogP contribution in [0.25, 0.3) is 0 Å². The first-order chi connectivity index (χ1) is 15.5. The molecule has 1 aliphatic heterocycles. The minimum atomic E-state index is -0.802. The predicted octanol–water partition coefficient (Wildman–Crippen LogP) is 4.33. The number of aromatic nitrogens is 2. The van der Waals surface area contributed by atoms with E-state index in [0.29, 0.717) is 30.2 Å². The van der Waals surface area contributed by atoms with Crippen molar-refractivity contribution in [1.29, 1.82) is 0 Å². The van der Waals surface area contributed by atoms with Crippen LogP contribution in [0.4, 0.5) is 0 Å². The van der Waals surface area contributed by atoms with Crippen LogP contribution in [0.15, 0.2) is 60.8 Å². The predicted molar refractivity (Wildman–Crippen MR) is 125 cm³/mol. The van der Waals surface area contributed by atoms with Crippen molar-refractivity contribution in [1.82, 2.24) is 14.7 Å². The van der Waals surface area contributed by atoms with Gasteiger partial charge in [0.1, 0.15) is 30.3 Å². The molecule has 1 fully saturated rings. The van der Waals surface area contributed by atoms with Gasteiger partial charge in [0.05, 0.1) is 12.2 Å². The van der Waals surface area contributed by atoms with E-state index in [2.05, 4.69) is 22.1 Å². The van der Waals surface area contributed by atoms with E-state index >= 15 is 0 Å². The second-order valence-electron chi connectivity index (χ2n) is 8.46. The minimum absolute atomic E-state index is 0.283. The Bertz CT molecular complexity index is 998. The number of hydrogen-bond acceptors (Lipinski definition) is 5. The van der Waals surface area contributed by atoms with Crippen molar-refractivity contribution < 1.29 is 14.6 Å². The number of aliphatic hydroxyl groups is 1. The summed E-state index contributed by atoms with van der Waals surface area (Å²) in [5.74, 6) is 1.55. The fraction of sp³-hybridized carbons (Fsp3) is 0.400. The summed E-state index contributed by atoms with van der Waals surface area (Å²) in [6, 6.07) is 17.5. The van der Waals surface area contributed by atoms with E-state index in [1.165, 1.54) is 5.56 Å². The van der Waals surface area contributed by atoms with Gasteiger partial charge in [-0.1, -0.05) is 29.8 Å². The second-order valence-corrected chi connectivity index (χ2v) is 8.90. The lowest BCUT2D eigenvalue weighted by atomic mass is 9.92. The topological polar surface area (TPSA) is 59.8 Å². The summed E-state index contributed by atoms with van der Waals surface area (Å²) in [5.41, 5.74) is 1.45. The van der Waals surface area contributed by atoms with Crippen LogP contribution in [-0.4, -0.2) is 51.7 Å². The molecule has 2 aromatic carbocycles. The molecule has 1 aliphatic rings. The Morgan fingerprint density at radius 2 is 1.81 bits per heavy atom. The average Bonchev–Trinajstić information content (AvgIpc) is 3.20. The van der Waals surface area contributed by atoms with Crippen LogP contribution in [0, 0.1) is 6.92 Å². The van der Waals surface area contributed by atoms with Crippen LogP contribution in [0.3, 0.4) is 0 Å². The maximum atomic E-state index is 10.9. The van der Waals surface area contributed by atoms with E-state index in [0.717, 1.165) is 37.6 Å². The summed E-state index contributed by atoms with van der Waals surface area (Å²) in [6.07, 6.45) is 3.33. The third kappa shape index (κ3) is 6.48. The van der Waals surface area contributed by atoms with Crippen LogP contribution in [0.5, 0.6) is 11.5 Å². The highest BCUT2D eigenvalue weighted by Gasteiger charge is 2.33. The van der Waals surface area contributed by atoms with Crippen molar-refractivity contribution in [2.75, 3.05) is 26.3 Å². The van der Waals surface area contributed by atoms with Gasteiger partial charge in [0.25, 0.3) is 0 Å². The van der Waals surface area contributed by atoms with Gasteiger partial charge in [-0.3, -0.25) is 9.58 Å². The van der Waals surface area contributed by atoms with Gasteiger partial charge in [0, 0.05) is 30.9 Å². The molecule has 2 heterocycles. The second kappa shape index (κ2) is 10.4. The lowest BCUT2D eigenvalue weighted by Gasteiger charge is -2.38. The lowest BCUT2D eigenvalue weighted by molar-refractivity contribution is -0.0537. The largest absolute Gasteiger partial charge is 0.492 e. The molecule has 3 aromatic rings. The third-order valence-electron chi connectivity index (χ3n) is 5.78. The van der Waals surface area contributed by atoms with E-state index in [4.69, 9.17) is 21.1 Å². The molecule has 6 nitrogen and oxygen atoms in total. The monoisotopic (exact) mass is 455 g/mol. The first-order valence-electron chi connectivity index (χ1n) is 11.0. The molecule has 0 amide bonds. The highest BCUT2D eigenvalue weighted by molar-refractivity contribution is 6.30. The number of ether oxygens (including phenoxy) is 2. The lowest BCUT2D eigenvalue weighted by Crippen LogP contribution is -2.47. The molecule has 0 saturated carbocycles. The molecular formula is C25H30ClN3O3. The third-order valence-corrected chi connectivity index (χ3v) is 6.02. The molecule has 0 bridgehead atoms. The summed E-state index contributed by atoms with van der Waals surface area (Å²) < 4.78 is 13.5. The Kier molecular flexibility index (Phi) is 7.35. The van der Waals surface area contributed by atoms with E-state index < -0.39 is 5.60 Å². The van der Waals surface area contributed by atoms with Gasteiger partial charge in [0.15, 0.2) is 0 Å². The van der Waals surface area contributed by atoms with E-state index in [-0.39, 0.29) is 6.61 Å². The quantitative estimate of drug-likeness (QED) is 0.520. The van der Waals surface area contributed by atoms with Gasteiger partial charge in [-0.05, 0) is 61.7 Å². The number of hydrogen-bond donors (Lipinski definition) is 1. The molecule has 0 unspecified atom stereocenters. The number of piperidine rings is 1. The summed E-state index contributed by atoms with van der Waals surface area (Å²) in [6.45, 7) is 6.10. The van der Waals surface area contributed by atoms with Crippen LogP contribution in [-0.2, 0) is 13.1 Å². The van der Waals surface area contributed by atoms with E-state index in [1.54, 1.807) is 6.07 Å². The minimum Gasteiger partial charge on any atom is -0.492 e. The molecule has 1 saturated heterocycles. The fourth-order valence-electron chi connectivity index (χ4n) is 3.84. The molecule has 0 atom stereocenters.